The molecule has 4 nitrogen and oxygen atoms in total. The summed E-state index contributed by atoms with van der Waals surface area (Å²) >= 11 is 0. The Morgan fingerprint density at radius 2 is 2.21 bits per heavy atom. The molecule has 1 aromatic heterocycles. The molecule has 0 unspecified atom stereocenters. The van der Waals surface area contributed by atoms with Gasteiger partial charge in [-0.3, -0.25) is 5.10 Å². The lowest BCUT2D eigenvalue weighted by Gasteiger charge is -2.28. The van der Waals surface area contributed by atoms with Crippen LogP contribution >= 0.6 is 0 Å². The zero-order valence-corrected chi connectivity index (χ0v) is 8.49. The molecule has 0 radical (unpaired) electrons. The predicted molar refractivity (Wildman–Crippen MR) is 55.3 cm³/mol. The molecular formula is C10H17N3O. The Balaban J connectivity index is 1.79. The molecule has 0 aliphatic heterocycles. The van der Waals surface area contributed by atoms with Crippen LogP contribution < -0.4 is 5.32 Å². The second-order valence-corrected chi connectivity index (χ2v) is 3.84. The van der Waals surface area contributed by atoms with Crippen LogP contribution in [0.15, 0.2) is 12.4 Å². The largest absolute Gasteiger partial charge is 0.381 e. The first-order valence-corrected chi connectivity index (χ1v) is 5.16. The van der Waals surface area contributed by atoms with Crippen molar-refractivity contribution < 1.29 is 4.74 Å². The second-order valence-electron chi connectivity index (χ2n) is 3.84. The smallest absolute Gasteiger partial charge is 0.0725 e. The Kier molecular flexibility index (Phi) is 3.03. The zero-order valence-electron chi connectivity index (χ0n) is 8.49. The minimum absolute atomic E-state index is 0.470. The van der Waals surface area contributed by atoms with Gasteiger partial charge in [-0.25, -0.2) is 0 Å². The highest BCUT2D eigenvalue weighted by molar-refractivity contribution is 5.38. The van der Waals surface area contributed by atoms with Crippen LogP contribution in [-0.4, -0.2) is 29.5 Å². The van der Waals surface area contributed by atoms with Crippen molar-refractivity contribution in [3.63, 3.8) is 0 Å². The van der Waals surface area contributed by atoms with Gasteiger partial charge in [-0.2, -0.15) is 5.10 Å². The van der Waals surface area contributed by atoms with E-state index in [4.69, 9.17) is 4.74 Å². The monoisotopic (exact) mass is 195 g/mol. The summed E-state index contributed by atoms with van der Waals surface area (Å²) in [6.07, 6.45) is 8.87. The number of rotatable bonds is 3. The number of hydrogen-bond acceptors (Lipinski definition) is 3. The van der Waals surface area contributed by atoms with Crippen LogP contribution in [0.2, 0.25) is 0 Å². The van der Waals surface area contributed by atoms with Gasteiger partial charge < -0.3 is 10.1 Å². The van der Waals surface area contributed by atoms with Crippen molar-refractivity contribution in [1.29, 1.82) is 0 Å². The molecule has 14 heavy (non-hydrogen) atoms. The Labute approximate surface area is 84.0 Å². The summed E-state index contributed by atoms with van der Waals surface area (Å²) in [7, 11) is 1.80. The van der Waals surface area contributed by atoms with Gasteiger partial charge in [-0.1, -0.05) is 0 Å². The Morgan fingerprint density at radius 3 is 2.79 bits per heavy atom. The molecule has 1 aromatic rings. The van der Waals surface area contributed by atoms with Gasteiger partial charge in [-0.15, -0.1) is 0 Å². The molecule has 0 amide bonds. The summed E-state index contributed by atoms with van der Waals surface area (Å²) in [6.45, 7) is 0. The first kappa shape index (κ1) is 9.52. The van der Waals surface area contributed by atoms with Crippen molar-refractivity contribution in [2.75, 3.05) is 12.4 Å². The van der Waals surface area contributed by atoms with E-state index in [2.05, 4.69) is 15.5 Å². The molecule has 2 N–H and O–H groups in total. The van der Waals surface area contributed by atoms with Gasteiger partial charge >= 0.3 is 0 Å². The number of anilines is 1. The Bertz CT molecular complexity index is 252. The molecule has 1 heterocycles. The summed E-state index contributed by atoms with van der Waals surface area (Å²) in [5.74, 6) is 0. The SMILES string of the molecule is COC1CCC(Nc2cn[nH]c2)CC1. The van der Waals surface area contributed by atoms with Crippen LogP contribution in [0.3, 0.4) is 0 Å². The molecule has 2 rings (SSSR count). The van der Waals surface area contributed by atoms with E-state index in [1.165, 1.54) is 12.8 Å². The number of H-pyrrole nitrogens is 1. The van der Waals surface area contributed by atoms with Gasteiger partial charge in [0.1, 0.15) is 0 Å². The van der Waals surface area contributed by atoms with E-state index in [1.54, 1.807) is 7.11 Å². The first-order chi connectivity index (χ1) is 6.88. The molecule has 1 aliphatic carbocycles. The van der Waals surface area contributed by atoms with E-state index < -0.39 is 0 Å². The standard InChI is InChI=1S/C10H17N3O/c1-14-10-4-2-8(3-5-10)13-9-6-11-12-7-9/h6-8,10,13H,2-5H2,1H3,(H,11,12). The molecule has 0 bridgehead atoms. The van der Waals surface area contributed by atoms with Crippen LogP contribution in [0.1, 0.15) is 25.7 Å². The molecule has 0 saturated heterocycles. The summed E-state index contributed by atoms with van der Waals surface area (Å²) < 4.78 is 5.33. The number of nitrogens with one attached hydrogen (secondary N) is 2. The van der Waals surface area contributed by atoms with Crippen molar-refractivity contribution in [2.24, 2.45) is 0 Å². The van der Waals surface area contributed by atoms with Gasteiger partial charge in [-0.05, 0) is 25.7 Å². The lowest BCUT2D eigenvalue weighted by atomic mass is 9.93. The predicted octanol–water partition coefficient (Wildman–Crippen LogP) is 1.78. The molecule has 1 saturated carbocycles. The molecule has 0 aromatic carbocycles. The van der Waals surface area contributed by atoms with Crippen molar-refractivity contribution in [1.82, 2.24) is 10.2 Å². The Hall–Kier alpha value is -1.03. The number of aromatic nitrogens is 2. The molecular weight excluding hydrogens is 178 g/mol. The first-order valence-electron chi connectivity index (χ1n) is 5.16. The lowest BCUT2D eigenvalue weighted by molar-refractivity contribution is 0.0682. The minimum atomic E-state index is 0.470. The second kappa shape index (κ2) is 4.46. The average molecular weight is 195 g/mol. The van der Waals surface area contributed by atoms with E-state index >= 15 is 0 Å². The molecule has 4 heteroatoms. The fraction of sp³-hybridized carbons (Fsp3) is 0.700. The van der Waals surface area contributed by atoms with Gasteiger partial charge in [0.05, 0.1) is 18.0 Å². The third-order valence-electron chi connectivity index (χ3n) is 2.88. The maximum atomic E-state index is 5.33. The van der Waals surface area contributed by atoms with E-state index in [9.17, 15) is 0 Å². The van der Waals surface area contributed by atoms with Crippen LogP contribution in [-0.2, 0) is 4.74 Å². The van der Waals surface area contributed by atoms with Crippen molar-refractivity contribution in [3.8, 4) is 0 Å². The number of ether oxygens (including phenoxy) is 1. The van der Waals surface area contributed by atoms with Crippen LogP contribution in [0.5, 0.6) is 0 Å². The Morgan fingerprint density at radius 1 is 1.43 bits per heavy atom. The molecule has 0 atom stereocenters. The maximum absolute atomic E-state index is 5.33. The van der Waals surface area contributed by atoms with Crippen LogP contribution in [0.25, 0.3) is 0 Å². The quantitative estimate of drug-likeness (QED) is 0.773. The van der Waals surface area contributed by atoms with E-state index in [0.717, 1.165) is 18.5 Å². The third-order valence-corrected chi connectivity index (χ3v) is 2.88. The van der Waals surface area contributed by atoms with Gasteiger partial charge in [0.15, 0.2) is 0 Å². The minimum Gasteiger partial charge on any atom is -0.381 e. The molecule has 0 spiro atoms. The maximum Gasteiger partial charge on any atom is 0.0725 e. The van der Waals surface area contributed by atoms with Crippen molar-refractivity contribution in [3.05, 3.63) is 12.4 Å². The molecule has 78 valence electrons. The summed E-state index contributed by atoms with van der Waals surface area (Å²) in [4.78, 5) is 0. The average Bonchev–Trinajstić information content (AvgIpc) is 2.72. The van der Waals surface area contributed by atoms with E-state index in [1.807, 2.05) is 12.4 Å². The number of hydrogen-bond donors (Lipinski definition) is 2. The van der Waals surface area contributed by atoms with Gasteiger partial charge in [0, 0.05) is 19.3 Å². The highest BCUT2D eigenvalue weighted by Gasteiger charge is 2.20. The summed E-state index contributed by atoms with van der Waals surface area (Å²) in [6, 6.07) is 0.582. The normalized spacial score (nSPS) is 27.5. The number of nitrogens with zero attached hydrogens (tertiary/aromatic N) is 1. The highest BCUT2D eigenvalue weighted by atomic mass is 16.5. The highest BCUT2D eigenvalue weighted by Crippen LogP contribution is 2.23. The molecule has 1 aliphatic rings. The fourth-order valence-corrected chi connectivity index (χ4v) is 2.01. The number of methoxy groups -OCH3 is 1. The van der Waals surface area contributed by atoms with E-state index in [0.29, 0.717) is 12.1 Å². The van der Waals surface area contributed by atoms with Gasteiger partial charge in [0.2, 0.25) is 0 Å². The summed E-state index contributed by atoms with van der Waals surface area (Å²) in [5.41, 5.74) is 1.09. The number of aromatic amines is 1. The van der Waals surface area contributed by atoms with Crippen molar-refractivity contribution in [2.45, 2.75) is 37.8 Å². The van der Waals surface area contributed by atoms with Crippen LogP contribution in [0.4, 0.5) is 5.69 Å². The molecule has 1 fully saturated rings. The van der Waals surface area contributed by atoms with Gasteiger partial charge in [0.25, 0.3) is 0 Å². The third kappa shape index (κ3) is 2.26. The van der Waals surface area contributed by atoms with Crippen molar-refractivity contribution >= 4 is 5.69 Å². The van der Waals surface area contributed by atoms with E-state index in [-0.39, 0.29) is 0 Å². The zero-order chi connectivity index (χ0) is 9.80. The topological polar surface area (TPSA) is 49.9 Å². The fourth-order valence-electron chi connectivity index (χ4n) is 2.01. The lowest BCUT2D eigenvalue weighted by Crippen LogP contribution is -2.29. The van der Waals surface area contributed by atoms with Crippen LogP contribution in [0, 0.1) is 0 Å². The summed E-state index contributed by atoms with van der Waals surface area (Å²) in [5, 5.41) is 10.2.